The quantitative estimate of drug-likeness (QED) is 0.623. The fourth-order valence-electron chi connectivity index (χ4n) is 3.21. The smallest absolute Gasteiger partial charge is 0.341 e. The summed E-state index contributed by atoms with van der Waals surface area (Å²) in [5, 5.41) is 3.58. The molecular weight excluding hydrogens is 448 g/mol. The molecule has 0 saturated heterocycles. The Morgan fingerprint density at radius 2 is 1.97 bits per heavy atom. The molecule has 162 valence electrons. The van der Waals surface area contributed by atoms with Crippen LogP contribution in [0.15, 0.2) is 29.2 Å². The number of fused-ring (bicyclic) bond motifs is 1. The van der Waals surface area contributed by atoms with E-state index in [2.05, 4.69) is 10.2 Å². The summed E-state index contributed by atoms with van der Waals surface area (Å²) >= 11 is 7.14. The van der Waals surface area contributed by atoms with Gasteiger partial charge in [-0.05, 0) is 50.2 Å². The number of rotatable bonds is 7. The first kappa shape index (κ1) is 22.7. The Kier molecular flexibility index (Phi) is 7.18. The molecule has 0 saturated carbocycles. The van der Waals surface area contributed by atoms with Gasteiger partial charge in [-0.1, -0.05) is 11.6 Å². The van der Waals surface area contributed by atoms with E-state index in [0.717, 1.165) is 17.0 Å². The van der Waals surface area contributed by atoms with Crippen LogP contribution in [0.2, 0.25) is 5.02 Å². The van der Waals surface area contributed by atoms with Crippen LogP contribution in [0.4, 0.5) is 5.00 Å². The molecule has 0 aliphatic carbocycles. The molecular formula is C20H23ClN2O5S2. The van der Waals surface area contributed by atoms with Crippen molar-refractivity contribution in [3.05, 3.63) is 45.3 Å². The number of thiophene rings is 1. The summed E-state index contributed by atoms with van der Waals surface area (Å²) < 4.78 is 30.1. The third kappa shape index (κ3) is 5.21. The number of nitrogens with one attached hydrogen (secondary N) is 1. The van der Waals surface area contributed by atoms with Crippen molar-refractivity contribution in [3.63, 3.8) is 0 Å². The van der Waals surface area contributed by atoms with Gasteiger partial charge in [0.05, 0.1) is 22.8 Å². The highest BCUT2D eigenvalue weighted by molar-refractivity contribution is 7.91. The fraction of sp³-hybridized carbons (Fsp3) is 0.400. The Morgan fingerprint density at radius 1 is 1.27 bits per heavy atom. The van der Waals surface area contributed by atoms with Crippen LogP contribution in [0.1, 0.15) is 34.1 Å². The SMILES string of the molecule is CCOC(=O)c1c(NC(=O)CCS(=O)(=O)c2ccc(Cl)cc2)sc2c1CCN(C)C2. The Hall–Kier alpha value is -1.94. The van der Waals surface area contributed by atoms with E-state index in [1.54, 1.807) is 6.92 Å². The molecule has 30 heavy (non-hydrogen) atoms. The van der Waals surface area contributed by atoms with Gasteiger partial charge in [0.1, 0.15) is 5.00 Å². The number of sulfone groups is 1. The molecule has 0 spiro atoms. The molecule has 1 amide bonds. The number of benzene rings is 1. The number of hydrogen-bond acceptors (Lipinski definition) is 7. The van der Waals surface area contributed by atoms with Crippen molar-refractivity contribution in [2.75, 3.05) is 31.3 Å². The molecule has 10 heteroatoms. The van der Waals surface area contributed by atoms with E-state index >= 15 is 0 Å². The van der Waals surface area contributed by atoms with Crippen LogP contribution in [0.3, 0.4) is 0 Å². The third-order valence-electron chi connectivity index (χ3n) is 4.75. The minimum absolute atomic E-state index is 0.113. The molecule has 2 aromatic rings. The predicted octanol–water partition coefficient (Wildman–Crippen LogP) is 3.37. The van der Waals surface area contributed by atoms with Gasteiger partial charge in [-0.2, -0.15) is 0 Å². The van der Waals surface area contributed by atoms with Gasteiger partial charge in [-0.15, -0.1) is 11.3 Å². The summed E-state index contributed by atoms with van der Waals surface area (Å²) in [7, 11) is -1.63. The second-order valence-electron chi connectivity index (χ2n) is 6.99. The molecule has 1 aliphatic rings. The minimum Gasteiger partial charge on any atom is -0.462 e. The number of carbonyl (C=O) groups excluding carboxylic acids is 2. The first-order valence-electron chi connectivity index (χ1n) is 9.49. The van der Waals surface area contributed by atoms with Crippen LogP contribution in [-0.4, -0.2) is 51.1 Å². The molecule has 3 rings (SSSR count). The van der Waals surface area contributed by atoms with E-state index in [0.29, 0.717) is 28.6 Å². The summed E-state index contributed by atoms with van der Waals surface area (Å²) in [6, 6.07) is 5.82. The molecule has 0 radical (unpaired) electrons. The van der Waals surface area contributed by atoms with Gasteiger partial charge in [0.2, 0.25) is 5.91 Å². The van der Waals surface area contributed by atoms with Crippen molar-refractivity contribution in [3.8, 4) is 0 Å². The van der Waals surface area contributed by atoms with Gasteiger partial charge in [0, 0.05) is 29.4 Å². The second-order valence-corrected chi connectivity index (χ2v) is 10.6. The lowest BCUT2D eigenvalue weighted by molar-refractivity contribution is -0.115. The van der Waals surface area contributed by atoms with Crippen molar-refractivity contribution in [2.24, 2.45) is 0 Å². The number of hydrogen-bond donors (Lipinski definition) is 1. The van der Waals surface area contributed by atoms with Crippen molar-refractivity contribution in [1.82, 2.24) is 4.90 Å². The van der Waals surface area contributed by atoms with Crippen LogP contribution in [0.5, 0.6) is 0 Å². The van der Waals surface area contributed by atoms with Crippen LogP contribution < -0.4 is 5.32 Å². The molecule has 2 heterocycles. The summed E-state index contributed by atoms with van der Waals surface area (Å²) in [5.41, 5.74) is 1.29. The molecule has 0 bridgehead atoms. The van der Waals surface area contributed by atoms with Gasteiger partial charge in [-0.3, -0.25) is 4.79 Å². The monoisotopic (exact) mass is 470 g/mol. The van der Waals surface area contributed by atoms with Crippen molar-refractivity contribution >= 4 is 49.7 Å². The van der Waals surface area contributed by atoms with E-state index in [1.807, 2.05) is 7.05 Å². The minimum atomic E-state index is -3.62. The molecule has 7 nitrogen and oxygen atoms in total. The highest BCUT2D eigenvalue weighted by atomic mass is 35.5. The number of amides is 1. The van der Waals surface area contributed by atoms with E-state index in [-0.39, 0.29) is 23.7 Å². The topological polar surface area (TPSA) is 92.8 Å². The predicted molar refractivity (Wildman–Crippen MR) is 117 cm³/mol. The zero-order valence-corrected chi connectivity index (χ0v) is 19.1. The van der Waals surface area contributed by atoms with E-state index in [9.17, 15) is 18.0 Å². The van der Waals surface area contributed by atoms with Crippen molar-refractivity contribution in [2.45, 2.75) is 31.2 Å². The first-order valence-corrected chi connectivity index (χ1v) is 12.3. The average molecular weight is 471 g/mol. The number of esters is 1. The van der Waals surface area contributed by atoms with E-state index in [1.165, 1.54) is 35.6 Å². The summed E-state index contributed by atoms with van der Waals surface area (Å²) in [4.78, 5) is 28.3. The summed E-state index contributed by atoms with van der Waals surface area (Å²) in [5.74, 6) is -1.28. The molecule has 0 atom stereocenters. The lowest BCUT2D eigenvalue weighted by Crippen LogP contribution is -2.26. The Labute approximate surface area is 184 Å². The molecule has 1 N–H and O–H groups in total. The molecule has 1 aromatic heterocycles. The standard InChI is InChI=1S/C20H23ClN2O5S2/c1-3-28-20(25)18-15-8-10-23(2)12-16(15)29-19(18)22-17(24)9-11-30(26,27)14-6-4-13(21)5-7-14/h4-7H,3,8-12H2,1-2H3,(H,22,24). The highest BCUT2D eigenvalue weighted by Crippen LogP contribution is 2.37. The third-order valence-corrected chi connectivity index (χ3v) is 7.87. The number of carbonyl (C=O) groups is 2. The maximum Gasteiger partial charge on any atom is 0.341 e. The van der Waals surface area contributed by atoms with Gasteiger partial charge >= 0.3 is 5.97 Å². The average Bonchev–Trinajstić information content (AvgIpc) is 3.03. The Bertz CT molecular complexity index is 1050. The van der Waals surface area contributed by atoms with Gasteiger partial charge in [-0.25, -0.2) is 13.2 Å². The summed E-state index contributed by atoms with van der Waals surface area (Å²) in [6.45, 7) is 3.45. The zero-order chi connectivity index (χ0) is 21.9. The van der Waals surface area contributed by atoms with Crippen LogP contribution in [0.25, 0.3) is 0 Å². The largest absolute Gasteiger partial charge is 0.462 e. The van der Waals surface area contributed by atoms with Gasteiger partial charge in [0.25, 0.3) is 0 Å². The van der Waals surface area contributed by atoms with Crippen LogP contribution in [-0.2, 0) is 32.3 Å². The second kappa shape index (κ2) is 9.47. The first-order chi connectivity index (χ1) is 14.2. The molecule has 1 aromatic carbocycles. The molecule has 0 fully saturated rings. The fourth-order valence-corrected chi connectivity index (χ4v) is 5.91. The van der Waals surface area contributed by atoms with Crippen LogP contribution >= 0.6 is 22.9 Å². The lowest BCUT2D eigenvalue weighted by atomic mass is 10.0. The normalized spacial score (nSPS) is 14.2. The Morgan fingerprint density at radius 3 is 2.63 bits per heavy atom. The van der Waals surface area contributed by atoms with Crippen molar-refractivity contribution < 1.29 is 22.7 Å². The number of anilines is 1. The van der Waals surface area contributed by atoms with E-state index < -0.39 is 21.7 Å². The number of ether oxygens (including phenoxy) is 1. The number of halogens is 1. The van der Waals surface area contributed by atoms with E-state index in [4.69, 9.17) is 16.3 Å². The number of nitrogens with zero attached hydrogens (tertiary/aromatic N) is 1. The van der Waals surface area contributed by atoms with Gasteiger partial charge < -0.3 is 15.0 Å². The lowest BCUT2D eigenvalue weighted by Gasteiger charge is -2.22. The maximum absolute atomic E-state index is 12.5. The van der Waals surface area contributed by atoms with Gasteiger partial charge in [0.15, 0.2) is 9.84 Å². The Balaban J connectivity index is 1.74. The van der Waals surface area contributed by atoms with Crippen LogP contribution in [0, 0.1) is 0 Å². The number of likely N-dealkylation sites (N-methyl/N-ethyl adjacent to an activating group) is 1. The molecule has 1 aliphatic heterocycles. The summed E-state index contributed by atoms with van der Waals surface area (Å²) in [6.07, 6.45) is 0.465. The zero-order valence-electron chi connectivity index (χ0n) is 16.7. The maximum atomic E-state index is 12.5. The van der Waals surface area contributed by atoms with Crippen molar-refractivity contribution in [1.29, 1.82) is 0 Å². The highest BCUT2D eigenvalue weighted by Gasteiger charge is 2.29. The molecule has 0 unspecified atom stereocenters.